The van der Waals surface area contributed by atoms with Crippen LogP contribution in [0, 0.1) is 0 Å². The number of carbonyl (C=O) groups excluding carboxylic acids is 2. The molecule has 0 unspecified atom stereocenters. The molecule has 1 N–H and O–H groups in total. The van der Waals surface area contributed by atoms with Crippen LogP contribution in [0.4, 0.5) is 4.79 Å². The molecule has 126 valence electrons. The minimum atomic E-state index is -0.401. The number of benzene rings is 1. The molecule has 2 aromatic rings. The molecule has 1 fully saturated rings. The fraction of sp³-hybridized carbons (Fsp3) is 0.353. The highest BCUT2D eigenvalue weighted by Crippen LogP contribution is 2.18. The van der Waals surface area contributed by atoms with E-state index in [0.717, 1.165) is 17.2 Å². The first-order valence-corrected chi connectivity index (χ1v) is 8.78. The van der Waals surface area contributed by atoms with Gasteiger partial charge in [0.15, 0.2) is 0 Å². The smallest absolute Gasteiger partial charge is 0.325 e. The normalized spacial score (nSPS) is 17.2. The molecule has 1 aliphatic rings. The largest absolute Gasteiger partial charge is 0.486 e. The summed E-state index contributed by atoms with van der Waals surface area (Å²) in [7, 11) is 0. The predicted molar refractivity (Wildman–Crippen MR) is 90.7 cm³/mol. The zero-order valence-electron chi connectivity index (χ0n) is 13.4. The Bertz CT molecular complexity index is 717. The predicted octanol–water partition coefficient (Wildman–Crippen LogP) is 2.94. The van der Waals surface area contributed by atoms with E-state index < -0.39 is 6.04 Å². The first-order chi connectivity index (χ1) is 11.7. The number of ether oxygens (including phenoxy) is 1. The van der Waals surface area contributed by atoms with Crippen molar-refractivity contribution in [3.05, 3.63) is 46.4 Å². The molecule has 7 heteroatoms. The highest BCUT2D eigenvalue weighted by atomic mass is 32.1. The standard InChI is InChI=1S/C17H19N3O3S/c1-2-6-14-16(21)20(17(22)19-14)9-12-11-24-15(18-12)10-23-13-7-4-3-5-8-13/h3-5,7-8,11,14H,2,6,9-10H2,1H3,(H,19,22)/t14-/m0/s1. The van der Waals surface area contributed by atoms with Crippen LogP contribution in [0.15, 0.2) is 35.7 Å². The Kier molecular flexibility index (Phi) is 5.10. The summed E-state index contributed by atoms with van der Waals surface area (Å²) >= 11 is 1.46. The molecule has 3 rings (SSSR count). The molecule has 1 aromatic carbocycles. The van der Waals surface area contributed by atoms with Crippen molar-refractivity contribution in [3.63, 3.8) is 0 Å². The molecular formula is C17H19N3O3S. The topological polar surface area (TPSA) is 71.5 Å². The number of thiazole rings is 1. The molecule has 0 spiro atoms. The lowest BCUT2D eigenvalue weighted by molar-refractivity contribution is -0.128. The number of urea groups is 1. The number of hydrogen-bond acceptors (Lipinski definition) is 5. The quantitative estimate of drug-likeness (QED) is 0.783. The van der Waals surface area contributed by atoms with Crippen molar-refractivity contribution in [2.24, 2.45) is 0 Å². The third kappa shape index (κ3) is 3.73. The summed E-state index contributed by atoms with van der Waals surface area (Å²) in [5, 5.41) is 5.39. The minimum absolute atomic E-state index is 0.170. The van der Waals surface area contributed by atoms with Gasteiger partial charge in [-0.25, -0.2) is 9.78 Å². The van der Waals surface area contributed by atoms with Crippen molar-refractivity contribution in [2.75, 3.05) is 0 Å². The molecule has 24 heavy (non-hydrogen) atoms. The number of amides is 3. The number of para-hydroxylation sites is 1. The van der Waals surface area contributed by atoms with Crippen molar-refractivity contribution in [1.29, 1.82) is 0 Å². The van der Waals surface area contributed by atoms with Gasteiger partial charge >= 0.3 is 6.03 Å². The van der Waals surface area contributed by atoms with E-state index in [-0.39, 0.29) is 18.5 Å². The van der Waals surface area contributed by atoms with Gasteiger partial charge < -0.3 is 10.1 Å². The van der Waals surface area contributed by atoms with Crippen molar-refractivity contribution in [1.82, 2.24) is 15.2 Å². The monoisotopic (exact) mass is 345 g/mol. The number of nitrogens with zero attached hydrogens (tertiary/aromatic N) is 2. The molecule has 2 heterocycles. The van der Waals surface area contributed by atoms with Gasteiger partial charge in [-0.2, -0.15) is 0 Å². The van der Waals surface area contributed by atoms with Crippen LogP contribution in [0.2, 0.25) is 0 Å². The van der Waals surface area contributed by atoms with Gasteiger partial charge in [0.05, 0.1) is 12.2 Å². The van der Waals surface area contributed by atoms with Crippen LogP contribution in [-0.2, 0) is 17.9 Å². The Labute approximate surface area is 144 Å². The number of hydrogen-bond donors (Lipinski definition) is 1. The molecule has 0 bridgehead atoms. The van der Waals surface area contributed by atoms with Crippen molar-refractivity contribution < 1.29 is 14.3 Å². The second-order valence-corrected chi connectivity index (χ2v) is 6.49. The van der Waals surface area contributed by atoms with E-state index in [9.17, 15) is 9.59 Å². The van der Waals surface area contributed by atoms with Crippen molar-refractivity contribution >= 4 is 23.3 Å². The molecule has 0 radical (unpaired) electrons. The Morgan fingerprint density at radius 1 is 1.29 bits per heavy atom. The summed E-state index contributed by atoms with van der Waals surface area (Å²) < 4.78 is 5.65. The Morgan fingerprint density at radius 3 is 2.83 bits per heavy atom. The lowest BCUT2D eigenvalue weighted by Crippen LogP contribution is -2.31. The Morgan fingerprint density at radius 2 is 2.08 bits per heavy atom. The van der Waals surface area contributed by atoms with Gasteiger partial charge in [0.1, 0.15) is 23.4 Å². The summed E-state index contributed by atoms with van der Waals surface area (Å²) in [5.41, 5.74) is 0.701. The zero-order valence-corrected chi connectivity index (χ0v) is 14.2. The molecule has 0 saturated carbocycles. The fourth-order valence-electron chi connectivity index (χ4n) is 2.52. The van der Waals surface area contributed by atoms with Gasteiger partial charge in [-0.3, -0.25) is 9.69 Å². The highest BCUT2D eigenvalue weighted by Gasteiger charge is 2.37. The maximum absolute atomic E-state index is 12.2. The maximum atomic E-state index is 12.2. The van der Waals surface area contributed by atoms with E-state index in [4.69, 9.17) is 4.74 Å². The molecule has 1 aromatic heterocycles. The number of imide groups is 1. The van der Waals surface area contributed by atoms with Gasteiger partial charge in [-0.05, 0) is 18.6 Å². The fourth-order valence-corrected chi connectivity index (χ4v) is 3.22. The SMILES string of the molecule is CCC[C@@H]1NC(=O)N(Cc2csc(COc3ccccc3)n2)C1=O. The highest BCUT2D eigenvalue weighted by molar-refractivity contribution is 7.09. The van der Waals surface area contributed by atoms with Crippen LogP contribution in [0.3, 0.4) is 0 Å². The van der Waals surface area contributed by atoms with Gasteiger partial charge in [-0.1, -0.05) is 31.5 Å². The average molecular weight is 345 g/mol. The number of carbonyl (C=O) groups is 2. The van der Waals surface area contributed by atoms with Crippen molar-refractivity contribution in [2.45, 2.75) is 39.0 Å². The van der Waals surface area contributed by atoms with Gasteiger partial charge in [0.2, 0.25) is 0 Å². The van der Waals surface area contributed by atoms with E-state index in [0.29, 0.717) is 18.7 Å². The van der Waals surface area contributed by atoms with E-state index >= 15 is 0 Å². The van der Waals surface area contributed by atoms with Crippen LogP contribution < -0.4 is 10.1 Å². The zero-order chi connectivity index (χ0) is 16.9. The number of nitrogens with one attached hydrogen (secondary N) is 1. The van der Waals surface area contributed by atoms with Crippen LogP contribution in [0.5, 0.6) is 5.75 Å². The summed E-state index contributed by atoms with van der Waals surface area (Å²) in [5.74, 6) is 0.614. The molecule has 1 aliphatic heterocycles. The number of aromatic nitrogens is 1. The summed E-state index contributed by atoms with van der Waals surface area (Å²) in [6.45, 7) is 2.56. The number of rotatable bonds is 7. The van der Waals surface area contributed by atoms with Crippen LogP contribution >= 0.6 is 11.3 Å². The average Bonchev–Trinajstić information content (AvgIpc) is 3.15. The van der Waals surface area contributed by atoms with E-state index in [1.807, 2.05) is 42.6 Å². The molecule has 6 nitrogen and oxygen atoms in total. The molecular weight excluding hydrogens is 326 g/mol. The first-order valence-electron chi connectivity index (χ1n) is 7.90. The summed E-state index contributed by atoms with van der Waals surface area (Å²) in [6, 6.07) is 8.78. The second kappa shape index (κ2) is 7.44. The Balaban J connectivity index is 1.58. The second-order valence-electron chi connectivity index (χ2n) is 5.55. The van der Waals surface area contributed by atoms with Crippen LogP contribution in [0.1, 0.15) is 30.5 Å². The lowest BCUT2D eigenvalue weighted by Gasteiger charge is -2.10. The van der Waals surface area contributed by atoms with E-state index in [1.54, 1.807) is 0 Å². The molecule has 1 saturated heterocycles. The third-order valence-electron chi connectivity index (χ3n) is 3.71. The minimum Gasteiger partial charge on any atom is -0.486 e. The van der Waals surface area contributed by atoms with Crippen molar-refractivity contribution in [3.8, 4) is 5.75 Å². The third-order valence-corrected chi connectivity index (χ3v) is 4.58. The molecule has 0 aliphatic carbocycles. The van der Waals surface area contributed by atoms with Gasteiger partial charge in [0.25, 0.3) is 5.91 Å². The van der Waals surface area contributed by atoms with Crippen LogP contribution in [-0.4, -0.2) is 27.9 Å². The summed E-state index contributed by atoms with van der Waals surface area (Å²) in [4.78, 5) is 29.8. The van der Waals surface area contributed by atoms with E-state index in [1.165, 1.54) is 16.2 Å². The lowest BCUT2D eigenvalue weighted by atomic mass is 10.2. The maximum Gasteiger partial charge on any atom is 0.325 e. The summed E-state index contributed by atoms with van der Waals surface area (Å²) in [6.07, 6.45) is 1.51. The first kappa shape index (κ1) is 16.4. The van der Waals surface area contributed by atoms with E-state index in [2.05, 4.69) is 10.3 Å². The molecule has 1 atom stereocenters. The van der Waals surface area contributed by atoms with Gasteiger partial charge in [-0.15, -0.1) is 11.3 Å². The molecule has 3 amide bonds. The van der Waals surface area contributed by atoms with Gasteiger partial charge in [0, 0.05) is 5.38 Å². The Hall–Kier alpha value is -2.41. The van der Waals surface area contributed by atoms with Crippen LogP contribution in [0.25, 0.3) is 0 Å².